The lowest BCUT2D eigenvalue weighted by atomic mass is 9.87. The number of piperazine rings is 1. The van der Waals surface area contributed by atoms with E-state index >= 15 is 0 Å². The number of halogens is 1. The summed E-state index contributed by atoms with van der Waals surface area (Å²) in [5.41, 5.74) is 4.78. The van der Waals surface area contributed by atoms with Crippen molar-refractivity contribution in [3.05, 3.63) is 64.1 Å². The molecule has 1 fully saturated rings. The van der Waals surface area contributed by atoms with Crippen LogP contribution in [0.25, 0.3) is 0 Å². The molecule has 0 bridgehead atoms. The van der Waals surface area contributed by atoms with Crippen LogP contribution in [0.5, 0.6) is 0 Å². The number of carbonyl (C=O) groups is 1. The van der Waals surface area contributed by atoms with E-state index < -0.39 is 10.0 Å². The predicted octanol–water partition coefficient (Wildman–Crippen LogP) is 3.20. The molecule has 32 heavy (non-hydrogen) atoms. The summed E-state index contributed by atoms with van der Waals surface area (Å²) in [5.74, 6) is -0.225. The number of rotatable bonds is 6. The molecule has 1 aliphatic heterocycles. The lowest BCUT2D eigenvalue weighted by Crippen LogP contribution is -2.50. The van der Waals surface area contributed by atoms with Crippen molar-refractivity contribution in [2.75, 3.05) is 32.7 Å². The van der Waals surface area contributed by atoms with Crippen molar-refractivity contribution < 1.29 is 13.2 Å². The zero-order valence-corrected chi connectivity index (χ0v) is 21.0. The van der Waals surface area contributed by atoms with Gasteiger partial charge in [-0.25, -0.2) is 13.8 Å². The Labute approximate surface area is 198 Å². The smallest absolute Gasteiger partial charge is 0.254 e. The molecule has 172 valence electrons. The number of hydrogen-bond acceptors (Lipinski definition) is 5. The van der Waals surface area contributed by atoms with Crippen molar-refractivity contribution >= 4 is 38.1 Å². The van der Waals surface area contributed by atoms with Gasteiger partial charge in [-0.2, -0.15) is 9.41 Å². The van der Waals surface area contributed by atoms with Gasteiger partial charge in [0.15, 0.2) is 0 Å². The summed E-state index contributed by atoms with van der Waals surface area (Å²) in [6.07, 6.45) is 1.62. The summed E-state index contributed by atoms with van der Waals surface area (Å²) in [4.78, 5) is 14.4. The Morgan fingerprint density at radius 3 is 2.19 bits per heavy atom. The minimum Gasteiger partial charge on any atom is -0.292 e. The first-order chi connectivity index (χ1) is 15.1. The molecule has 0 radical (unpaired) electrons. The minimum absolute atomic E-state index is 0.0888. The molecule has 0 saturated carbocycles. The first-order valence-corrected chi connectivity index (χ1v) is 12.7. The number of amides is 1. The summed E-state index contributed by atoms with van der Waals surface area (Å²) in [6, 6.07) is 14.7. The minimum atomic E-state index is -3.53. The summed E-state index contributed by atoms with van der Waals surface area (Å²) >= 11 is 3.32. The topological polar surface area (TPSA) is 82.1 Å². The van der Waals surface area contributed by atoms with Gasteiger partial charge in [0, 0.05) is 30.7 Å². The van der Waals surface area contributed by atoms with E-state index in [1.165, 1.54) is 9.87 Å². The zero-order valence-electron chi connectivity index (χ0n) is 18.6. The Kier molecular flexibility index (Phi) is 7.87. The van der Waals surface area contributed by atoms with Gasteiger partial charge in [0.1, 0.15) is 0 Å². The van der Waals surface area contributed by atoms with Gasteiger partial charge < -0.3 is 0 Å². The molecule has 1 amide bonds. The first-order valence-electron chi connectivity index (χ1n) is 10.5. The van der Waals surface area contributed by atoms with Crippen LogP contribution >= 0.6 is 15.9 Å². The molecule has 2 aromatic carbocycles. The van der Waals surface area contributed by atoms with Gasteiger partial charge in [0.05, 0.1) is 17.7 Å². The second-order valence-corrected chi connectivity index (χ2v) is 11.7. The van der Waals surface area contributed by atoms with Gasteiger partial charge in [0.25, 0.3) is 5.91 Å². The molecule has 0 spiro atoms. The molecular formula is C23H29BrN4O3S. The quantitative estimate of drug-likeness (QED) is 0.468. The van der Waals surface area contributed by atoms with Crippen LogP contribution in [0.2, 0.25) is 0 Å². The largest absolute Gasteiger partial charge is 0.292 e. The lowest BCUT2D eigenvalue weighted by molar-refractivity contribution is -0.122. The van der Waals surface area contributed by atoms with Crippen LogP contribution in [0, 0.1) is 0 Å². The molecule has 1 N–H and O–H groups in total. The fourth-order valence-electron chi connectivity index (χ4n) is 3.37. The highest BCUT2D eigenvalue weighted by molar-refractivity contribution is 9.10. The number of sulfonamides is 1. The molecule has 0 aliphatic carbocycles. The maximum absolute atomic E-state index is 12.8. The van der Waals surface area contributed by atoms with Crippen LogP contribution in [0.4, 0.5) is 0 Å². The van der Waals surface area contributed by atoms with Gasteiger partial charge in [-0.1, -0.05) is 61.0 Å². The number of nitrogens with zero attached hydrogens (tertiary/aromatic N) is 3. The van der Waals surface area contributed by atoms with Crippen molar-refractivity contribution in [2.24, 2.45) is 5.10 Å². The molecular weight excluding hydrogens is 492 g/mol. The van der Waals surface area contributed by atoms with Crippen molar-refractivity contribution in [1.29, 1.82) is 0 Å². The fourth-order valence-corrected chi connectivity index (χ4v) is 5.06. The summed E-state index contributed by atoms with van der Waals surface area (Å²) < 4.78 is 27.8. The van der Waals surface area contributed by atoms with E-state index in [4.69, 9.17) is 0 Å². The van der Waals surface area contributed by atoms with E-state index in [9.17, 15) is 13.2 Å². The fraction of sp³-hybridized carbons (Fsp3) is 0.391. The van der Waals surface area contributed by atoms with Crippen LogP contribution in [0.15, 0.2) is 63.0 Å². The Hall–Kier alpha value is -2.07. The number of benzene rings is 2. The van der Waals surface area contributed by atoms with E-state index in [2.05, 4.69) is 59.4 Å². The van der Waals surface area contributed by atoms with Crippen molar-refractivity contribution in [3.8, 4) is 0 Å². The molecule has 1 heterocycles. The second-order valence-electron chi connectivity index (χ2n) is 8.80. The molecule has 9 heteroatoms. The molecule has 1 saturated heterocycles. The van der Waals surface area contributed by atoms with Crippen molar-refractivity contribution in [2.45, 2.75) is 31.1 Å². The third-order valence-corrected chi connectivity index (χ3v) is 7.77. The molecule has 0 aromatic heterocycles. The van der Waals surface area contributed by atoms with Crippen molar-refractivity contribution in [1.82, 2.24) is 14.6 Å². The van der Waals surface area contributed by atoms with Crippen LogP contribution in [-0.2, 0) is 20.2 Å². The van der Waals surface area contributed by atoms with E-state index in [1.54, 1.807) is 30.5 Å². The van der Waals surface area contributed by atoms with E-state index in [0.717, 1.165) is 10.0 Å². The summed E-state index contributed by atoms with van der Waals surface area (Å²) in [6.45, 7) is 8.31. The molecule has 0 unspecified atom stereocenters. The Balaban J connectivity index is 1.46. The Morgan fingerprint density at radius 2 is 1.62 bits per heavy atom. The maximum atomic E-state index is 12.8. The van der Waals surface area contributed by atoms with E-state index in [-0.39, 0.29) is 22.8 Å². The predicted molar refractivity (Wildman–Crippen MR) is 130 cm³/mol. The molecule has 3 rings (SSSR count). The number of nitrogens with one attached hydrogen (secondary N) is 1. The maximum Gasteiger partial charge on any atom is 0.254 e. The Morgan fingerprint density at radius 1 is 1.03 bits per heavy atom. The molecule has 7 nitrogen and oxygen atoms in total. The lowest BCUT2D eigenvalue weighted by Gasteiger charge is -2.33. The number of carbonyl (C=O) groups excluding carboxylic acids is 1. The van der Waals surface area contributed by atoms with Crippen LogP contribution in [-0.4, -0.2) is 62.5 Å². The Bertz CT molecular complexity index is 1050. The highest BCUT2D eigenvalue weighted by Crippen LogP contribution is 2.22. The SMILES string of the molecule is CC(C)(C)c1ccc(/C=N\NC(=O)CN2CCN(S(=O)(=O)c3ccc(Br)cc3)CC2)cc1. The average molecular weight is 521 g/mol. The van der Waals surface area contributed by atoms with E-state index in [0.29, 0.717) is 26.2 Å². The van der Waals surface area contributed by atoms with Crippen molar-refractivity contribution in [3.63, 3.8) is 0 Å². The number of hydrazone groups is 1. The standard InChI is InChI=1S/C23H29BrN4O3S/c1-23(2,3)19-6-4-18(5-7-19)16-25-26-22(29)17-27-12-14-28(15-13-27)32(30,31)21-10-8-20(24)9-11-21/h4-11,16H,12-15,17H2,1-3H3,(H,26,29)/b25-16-. The summed E-state index contributed by atoms with van der Waals surface area (Å²) in [7, 11) is -3.53. The molecule has 0 atom stereocenters. The molecule has 1 aliphatic rings. The van der Waals surface area contributed by atoms with Gasteiger partial charge in [-0.15, -0.1) is 0 Å². The summed E-state index contributed by atoms with van der Waals surface area (Å²) in [5, 5.41) is 4.04. The van der Waals surface area contributed by atoms with E-state index in [1.807, 2.05) is 17.0 Å². The number of hydrogen-bond donors (Lipinski definition) is 1. The third-order valence-electron chi connectivity index (χ3n) is 5.33. The second kappa shape index (κ2) is 10.2. The van der Waals surface area contributed by atoms with Gasteiger partial charge in [0.2, 0.25) is 10.0 Å². The average Bonchev–Trinajstić information content (AvgIpc) is 2.74. The van der Waals surface area contributed by atoms with Crippen LogP contribution in [0.3, 0.4) is 0 Å². The molecule has 2 aromatic rings. The first kappa shape index (κ1) is 24.6. The zero-order chi connectivity index (χ0) is 23.4. The highest BCUT2D eigenvalue weighted by Gasteiger charge is 2.29. The van der Waals surface area contributed by atoms with Crippen LogP contribution in [0.1, 0.15) is 31.9 Å². The van der Waals surface area contributed by atoms with Crippen LogP contribution < -0.4 is 5.43 Å². The highest BCUT2D eigenvalue weighted by atomic mass is 79.9. The van der Waals surface area contributed by atoms with Gasteiger partial charge in [-0.05, 0) is 40.8 Å². The van der Waals surface area contributed by atoms with Gasteiger partial charge in [-0.3, -0.25) is 9.69 Å². The van der Waals surface area contributed by atoms with Gasteiger partial charge >= 0.3 is 0 Å². The third kappa shape index (κ3) is 6.48. The normalized spacial score (nSPS) is 16.4. The monoisotopic (exact) mass is 520 g/mol.